The molecule has 4 heteroatoms. The van der Waals surface area contributed by atoms with Crippen LogP contribution in [-0.2, 0) is 0 Å². The van der Waals surface area contributed by atoms with E-state index in [0.29, 0.717) is 12.1 Å². The summed E-state index contributed by atoms with van der Waals surface area (Å²) in [5, 5.41) is 0. The van der Waals surface area contributed by atoms with Crippen LogP contribution in [0.4, 0.5) is 0 Å². The third-order valence-electron chi connectivity index (χ3n) is 4.46. The van der Waals surface area contributed by atoms with Gasteiger partial charge in [-0.25, -0.2) is 0 Å². The first-order valence-corrected chi connectivity index (χ1v) is 9.62. The molecule has 0 aromatic rings. The summed E-state index contributed by atoms with van der Waals surface area (Å²) in [5.74, 6) is 0. The maximum Gasteiger partial charge on any atom is 0.00388 e. The van der Waals surface area contributed by atoms with Gasteiger partial charge >= 0.3 is 0 Å². The van der Waals surface area contributed by atoms with Crippen LogP contribution >= 0.6 is 0 Å². The molecule has 22 heavy (non-hydrogen) atoms. The second kappa shape index (κ2) is 17.2. The Morgan fingerprint density at radius 2 is 0.682 bits per heavy atom. The van der Waals surface area contributed by atoms with Crippen LogP contribution in [0.1, 0.15) is 89.9 Å². The molecule has 0 heterocycles. The third kappa shape index (κ3) is 16.2. The van der Waals surface area contributed by atoms with Gasteiger partial charge in [0, 0.05) is 12.1 Å². The van der Waals surface area contributed by atoms with Gasteiger partial charge in [-0.05, 0) is 51.6 Å². The zero-order valence-corrected chi connectivity index (χ0v) is 14.8. The summed E-state index contributed by atoms with van der Waals surface area (Å²) < 4.78 is 0. The lowest BCUT2D eigenvalue weighted by molar-refractivity contribution is 0.461. The Morgan fingerprint density at radius 3 is 1.00 bits per heavy atom. The summed E-state index contributed by atoms with van der Waals surface area (Å²) in [5.41, 5.74) is 23.3. The van der Waals surface area contributed by atoms with Crippen molar-refractivity contribution in [3.63, 3.8) is 0 Å². The van der Waals surface area contributed by atoms with E-state index < -0.39 is 0 Å². The van der Waals surface area contributed by atoms with Crippen molar-refractivity contribution >= 4 is 0 Å². The smallest absolute Gasteiger partial charge is 0.00388 e. The molecule has 0 aliphatic heterocycles. The van der Waals surface area contributed by atoms with Crippen LogP contribution in [0.15, 0.2) is 0 Å². The molecule has 0 rings (SSSR count). The summed E-state index contributed by atoms with van der Waals surface area (Å²) in [7, 11) is 0. The van der Waals surface area contributed by atoms with Crippen LogP contribution < -0.4 is 22.9 Å². The van der Waals surface area contributed by atoms with Gasteiger partial charge in [0.2, 0.25) is 0 Å². The standard InChI is InChI=1S/C18H42N4/c19-15-9-3-1-5-11-17(21)13-7-8-14-18(22)12-6-2-4-10-16-20/h17-18H,1-16,19-22H2. The Balaban J connectivity index is 3.28. The predicted octanol–water partition coefficient (Wildman–Crippen LogP) is 3.02. The highest BCUT2D eigenvalue weighted by molar-refractivity contribution is 4.65. The van der Waals surface area contributed by atoms with E-state index in [1.54, 1.807) is 0 Å². The topological polar surface area (TPSA) is 104 Å². The van der Waals surface area contributed by atoms with Crippen LogP contribution in [-0.4, -0.2) is 25.2 Å². The van der Waals surface area contributed by atoms with Crippen LogP contribution in [0.5, 0.6) is 0 Å². The summed E-state index contributed by atoms with van der Waals surface area (Å²) in [6.45, 7) is 1.64. The molecule has 2 unspecified atom stereocenters. The van der Waals surface area contributed by atoms with Crippen molar-refractivity contribution in [1.82, 2.24) is 0 Å². The SMILES string of the molecule is NCCCCCCC(N)CCCCC(N)CCCCCCN. The van der Waals surface area contributed by atoms with E-state index in [1.807, 2.05) is 0 Å². The van der Waals surface area contributed by atoms with Gasteiger partial charge in [0.1, 0.15) is 0 Å². The molecule has 0 saturated heterocycles. The van der Waals surface area contributed by atoms with Crippen molar-refractivity contribution in [1.29, 1.82) is 0 Å². The normalized spacial score (nSPS) is 14.2. The molecule has 134 valence electrons. The van der Waals surface area contributed by atoms with Gasteiger partial charge in [0.05, 0.1) is 0 Å². The highest BCUT2D eigenvalue weighted by Gasteiger charge is 2.05. The summed E-state index contributed by atoms with van der Waals surface area (Å²) in [6, 6.07) is 0.760. The Bertz CT molecular complexity index is 189. The predicted molar refractivity (Wildman–Crippen MR) is 98.7 cm³/mol. The van der Waals surface area contributed by atoms with Crippen molar-refractivity contribution in [3.05, 3.63) is 0 Å². The average Bonchev–Trinajstić information content (AvgIpc) is 2.51. The average molecular weight is 315 g/mol. The second-order valence-corrected chi connectivity index (χ2v) is 6.79. The minimum atomic E-state index is 0.380. The molecule has 0 aromatic heterocycles. The van der Waals surface area contributed by atoms with Crippen LogP contribution in [0.25, 0.3) is 0 Å². The fourth-order valence-electron chi connectivity index (χ4n) is 2.91. The van der Waals surface area contributed by atoms with Crippen molar-refractivity contribution < 1.29 is 0 Å². The van der Waals surface area contributed by atoms with Gasteiger partial charge < -0.3 is 22.9 Å². The first-order chi connectivity index (χ1) is 10.7. The van der Waals surface area contributed by atoms with E-state index in [2.05, 4.69) is 0 Å². The van der Waals surface area contributed by atoms with Crippen LogP contribution in [0.3, 0.4) is 0 Å². The molecule has 4 nitrogen and oxygen atoms in total. The van der Waals surface area contributed by atoms with Gasteiger partial charge in [0.15, 0.2) is 0 Å². The Labute approximate surface area is 138 Å². The molecule has 0 amide bonds. The number of unbranched alkanes of at least 4 members (excludes halogenated alkanes) is 7. The Kier molecular flexibility index (Phi) is 17.1. The minimum Gasteiger partial charge on any atom is -0.330 e. The molecule has 0 radical (unpaired) electrons. The zero-order chi connectivity index (χ0) is 16.5. The molecular formula is C18H42N4. The zero-order valence-electron chi connectivity index (χ0n) is 14.8. The Hall–Kier alpha value is -0.160. The molecular weight excluding hydrogens is 272 g/mol. The molecule has 0 aromatic carbocycles. The van der Waals surface area contributed by atoms with Gasteiger partial charge in [0.25, 0.3) is 0 Å². The molecule has 0 fully saturated rings. The number of hydrogen-bond acceptors (Lipinski definition) is 4. The fraction of sp³-hybridized carbons (Fsp3) is 1.00. The highest BCUT2D eigenvalue weighted by atomic mass is 14.6. The lowest BCUT2D eigenvalue weighted by Crippen LogP contribution is -2.21. The van der Waals surface area contributed by atoms with Crippen LogP contribution in [0, 0.1) is 0 Å². The molecule has 0 saturated carbocycles. The maximum absolute atomic E-state index is 6.17. The van der Waals surface area contributed by atoms with Crippen molar-refractivity contribution in [2.45, 2.75) is 102 Å². The van der Waals surface area contributed by atoms with Crippen molar-refractivity contribution in [2.24, 2.45) is 22.9 Å². The van der Waals surface area contributed by atoms with Crippen LogP contribution in [0.2, 0.25) is 0 Å². The van der Waals surface area contributed by atoms with Gasteiger partial charge in [-0.1, -0.05) is 51.4 Å². The quantitative estimate of drug-likeness (QED) is 0.310. The first kappa shape index (κ1) is 21.8. The van der Waals surface area contributed by atoms with Gasteiger partial charge in [-0.2, -0.15) is 0 Å². The van der Waals surface area contributed by atoms with E-state index >= 15 is 0 Å². The first-order valence-electron chi connectivity index (χ1n) is 9.62. The van der Waals surface area contributed by atoms with Crippen molar-refractivity contribution in [2.75, 3.05) is 13.1 Å². The summed E-state index contributed by atoms with van der Waals surface area (Å²) in [6.07, 6.45) is 17.0. The second-order valence-electron chi connectivity index (χ2n) is 6.79. The van der Waals surface area contributed by atoms with E-state index in [0.717, 1.165) is 51.6 Å². The largest absolute Gasteiger partial charge is 0.330 e. The lowest BCUT2D eigenvalue weighted by Gasteiger charge is -2.13. The lowest BCUT2D eigenvalue weighted by atomic mass is 9.99. The summed E-state index contributed by atoms with van der Waals surface area (Å²) in [4.78, 5) is 0. The van der Waals surface area contributed by atoms with E-state index in [-0.39, 0.29) is 0 Å². The Morgan fingerprint density at radius 1 is 0.409 bits per heavy atom. The van der Waals surface area contributed by atoms with E-state index in [4.69, 9.17) is 22.9 Å². The molecule has 0 spiro atoms. The number of hydrogen-bond donors (Lipinski definition) is 4. The molecule has 0 aliphatic carbocycles. The van der Waals surface area contributed by atoms with E-state index in [9.17, 15) is 0 Å². The molecule has 0 bridgehead atoms. The monoisotopic (exact) mass is 314 g/mol. The highest BCUT2D eigenvalue weighted by Crippen LogP contribution is 2.13. The number of rotatable bonds is 17. The molecule has 0 aliphatic rings. The van der Waals surface area contributed by atoms with E-state index in [1.165, 1.54) is 51.4 Å². The molecule has 8 N–H and O–H groups in total. The summed E-state index contributed by atoms with van der Waals surface area (Å²) >= 11 is 0. The minimum absolute atomic E-state index is 0.380. The number of nitrogens with two attached hydrogens (primary N) is 4. The maximum atomic E-state index is 6.17. The van der Waals surface area contributed by atoms with Gasteiger partial charge in [-0.3, -0.25) is 0 Å². The van der Waals surface area contributed by atoms with Crippen molar-refractivity contribution in [3.8, 4) is 0 Å². The van der Waals surface area contributed by atoms with Gasteiger partial charge in [-0.15, -0.1) is 0 Å². The molecule has 2 atom stereocenters. The third-order valence-corrected chi connectivity index (χ3v) is 4.46. The fourth-order valence-corrected chi connectivity index (χ4v) is 2.91.